The van der Waals surface area contributed by atoms with E-state index >= 15 is 0 Å². The monoisotopic (exact) mass is 481 g/mol. The molecular formula is C21H18F3N3O5S. The van der Waals surface area contributed by atoms with Crippen LogP contribution in [-0.4, -0.2) is 42.1 Å². The number of hydrogen-bond donors (Lipinski definition) is 0. The summed E-state index contributed by atoms with van der Waals surface area (Å²) in [4.78, 5) is 14.1. The van der Waals surface area contributed by atoms with Gasteiger partial charge in [0.25, 0.3) is 15.9 Å². The molecule has 1 amide bonds. The molecule has 174 valence electrons. The van der Waals surface area contributed by atoms with Crippen LogP contribution >= 0.6 is 0 Å². The lowest BCUT2D eigenvalue weighted by Crippen LogP contribution is -2.32. The number of halogens is 3. The Morgan fingerprint density at radius 3 is 2.39 bits per heavy atom. The molecule has 0 N–H and O–H groups in total. The van der Waals surface area contributed by atoms with Crippen LogP contribution in [0.25, 0.3) is 0 Å². The van der Waals surface area contributed by atoms with Crippen LogP contribution in [0.2, 0.25) is 0 Å². The van der Waals surface area contributed by atoms with Gasteiger partial charge < -0.3 is 14.4 Å². The Labute approximate surface area is 187 Å². The quantitative estimate of drug-likeness (QED) is 0.515. The summed E-state index contributed by atoms with van der Waals surface area (Å²) in [5.74, 6) is -1.23. The van der Waals surface area contributed by atoms with E-state index in [4.69, 9.17) is 4.74 Å². The van der Waals surface area contributed by atoms with Crippen molar-refractivity contribution in [3.63, 3.8) is 0 Å². The van der Waals surface area contributed by atoms with Crippen LogP contribution in [0.4, 0.5) is 13.2 Å². The lowest BCUT2D eigenvalue weighted by molar-refractivity contribution is -0.143. The molecule has 0 saturated carbocycles. The molecule has 1 unspecified atom stereocenters. The van der Waals surface area contributed by atoms with Gasteiger partial charge in [0, 0.05) is 31.0 Å². The first-order valence-corrected chi connectivity index (χ1v) is 11.1. The van der Waals surface area contributed by atoms with Gasteiger partial charge in [0.1, 0.15) is 11.6 Å². The molecule has 0 bridgehead atoms. The molecule has 2 aromatic carbocycles. The third-order valence-corrected chi connectivity index (χ3v) is 6.66. The van der Waals surface area contributed by atoms with E-state index < -0.39 is 34.5 Å². The fourth-order valence-electron chi connectivity index (χ4n) is 3.52. The summed E-state index contributed by atoms with van der Waals surface area (Å²) in [6.07, 6.45) is 0.131. The maximum Gasteiger partial charge on any atom is 0.387 e. The number of nitrogens with zero attached hydrogens (tertiary/aromatic N) is 3. The predicted molar refractivity (Wildman–Crippen MR) is 108 cm³/mol. The number of fused-ring (bicyclic) bond motifs is 1. The van der Waals surface area contributed by atoms with Gasteiger partial charge in [0.05, 0.1) is 17.1 Å². The van der Waals surface area contributed by atoms with E-state index in [0.717, 1.165) is 28.4 Å². The van der Waals surface area contributed by atoms with Crippen molar-refractivity contribution in [3.8, 4) is 5.75 Å². The van der Waals surface area contributed by atoms with E-state index in [-0.39, 0.29) is 29.3 Å². The van der Waals surface area contributed by atoms with E-state index in [1.165, 1.54) is 36.4 Å². The zero-order valence-corrected chi connectivity index (χ0v) is 18.0. The molecule has 1 atom stereocenters. The molecule has 2 heterocycles. The molecule has 33 heavy (non-hydrogen) atoms. The Morgan fingerprint density at radius 2 is 1.79 bits per heavy atom. The highest BCUT2D eigenvalue weighted by molar-refractivity contribution is 7.89. The zero-order valence-electron chi connectivity index (χ0n) is 17.2. The molecular weight excluding hydrogens is 463 g/mol. The number of rotatable bonds is 7. The van der Waals surface area contributed by atoms with Gasteiger partial charge in [0.15, 0.2) is 6.10 Å². The van der Waals surface area contributed by atoms with Crippen LogP contribution in [0.1, 0.15) is 22.9 Å². The number of benzene rings is 2. The van der Waals surface area contributed by atoms with Crippen molar-refractivity contribution in [1.82, 2.24) is 14.1 Å². The number of aromatic nitrogens is 2. The molecule has 1 aromatic heterocycles. The summed E-state index contributed by atoms with van der Waals surface area (Å²) in [5, 5.41) is 4.09. The topological polar surface area (TPSA) is 90.7 Å². The van der Waals surface area contributed by atoms with Crippen LogP contribution in [0.5, 0.6) is 5.75 Å². The molecule has 0 saturated heterocycles. The van der Waals surface area contributed by atoms with Crippen molar-refractivity contribution < 1.29 is 35.9 Å². The number of ether oxygens (including phenoxy) is 2. The van der Waals surface area contributed by atoms with Crippen molar-refractivity contribution >= 4 is 15.9 Å². The van der Waals surface area contributed by atoms with Gasteiger partial charge in [-0.05, 0) is 30.3 Å². The Bertz CT molecular complexity index is 1260. The lowest BCUT2D eigenvalue weighted by atomic mass is 10.1. The van der Waals surface area contributed by atoms with Gasteiger partial charge in [-0.1, -0.05) is 18.2 Å². The van der Waals surface area contributed by atoms with Gasteiger partial charge in [-0.25, -0.2) is 4.39 Å². The Hall–Kier alpha value is -3.38. The minimum Gasteiger partial charge on any atom is -0.435 e. The number of amides is 1. The van der Waals surface area contributed by atoms with Crippen molar-refractivity contribution in [2.75, 3.05) is 7.11 Å². The highest BCUT2D eigenvalue weighted by atomic mass is 32.2. The van der Waals surface area contributed by atoms with E-state index in [2.05, 4.69) is 9.84 Å². The minimum atomic E-state index is -4.08. The smallest absolute Gasteiger partial charge is 0.387 e. The summed E-state index contributed by atoms with van der Waals surface area (Å²) in [7, 11) is -2.78. The van der Waals surface area contributed by atoms with Crippen molar-refractivity contribution in [2.24, 2.45) is 0 Å². The van der Waals surface area contributed by atoms with Crippen molar-refractivity contribution in [1.29, 1.82) is 0 Å². The summed E-state index contributed by atoms with van der Waals surface area (Å²) in [6.45, 7) is -2.94. The first-order chi connectivity index (χ1) is 15.7. The molecule has 4 rings (SSSR count). The molecule has 0 aliphatic carbocycles. The standard InChI is InChI=1S/C21H18F3N3O5S/c1-31-19(16-4-2-3-5-17(16)22)20(28)26-10-13-11-27(25-18(13)12-26)33(29,30)15-8-6-14(7-9-15)32-21(23)24/h2-9,11,19,21H,10,12H2,1H3. The van der Waals surface area contributed by atoms with E-state index in [1.54, 1.807) is 6.07 Å². The second-order valence-corrected chi connectivity index (χ2v) is 8.96. The molecule has 3 aromatic rings. The Morgan fingerprint density at radius 1 is 1.09 bits per heavy atom. The maximum atomic E-state index is 14.1. The fraction of sp³-hybridized carbons (Fsp3) is 0.238. The molecule has 0 spiro atoms. The van der Waals surface area contributed by atoms with E-state index in [9.17, 15) is 26.4 Å². The molecule has 0 radical (unpaired) electrons. The van der Waals surface area contributed by atoms with Crippen LogP contribution in [0.3, 0.4) is 0 Å². The fourth-order valence-corrected chi connectivity index (χ4v) is 4.69. The number of carbonyl (C=O) groups is 1. The first kappa shape index (κ1) is 22.8. The summed E-state index contributed by atoms with van der Waals surface area (Å²) >= 11 is 0. The van der Waals surface area contributed by atoms with E-state index in [1.807, 2.05) is 0 Å². The lowest BCUT2D eigenvalue weighted by Gasteiger charge is -2.22. The molecule has 0 fully saturated rings. The van der Waals surface area contributed by atoms with Gasteiger partial charge in [-0.3, -0.25) is 4.79 Å². The molecule has 8 nitrogen and oxygen atoms in total. The SMILES string of the molecule is COC(C(=O)N1Cc2cn(S(=O)(=O)c3ccc(OC(F)F)cc3)nc2C1)c1ccccc1F. The zero-order chi connectivity index (χ0) is 23.8. The molecule has 12 heteroatoms. The Kier molecular flexibility index (Phi) is 6.13. The number of alkyl halides is 2. The third-order valence-electron chi connectivity index (χ3n) is 5.11. The molecule has 1 aliphatic rings. The summed E-state index contributed by atoms with van der Waals surface area (Å²) in [5.41, 5.74) is 0.974. The highest BCUT2D eigenvalue weighted by Crippen LogP contribution is 2.29. The maximum absolute atomic E-state index is 14.1. The van der Waals surface area contributed by atoms with E-state index in [0.29, 0.717) is 11.3 Å². The average molecular weight is 481 g/mol. The van der Waals surface area contributed by atoms with Crippen LogP contribution in [0, 0.1) is 5.82 Å². The average Bonchev–Trinajstić information content (AvgIpc) is 3.35. The Balaban J connectivity index is 1.51. The highest BCUT2D eigenvalue weighted by Gasteiger charge is 2.34. The largest absolute Gasteiger partial charge is 0.435 e. The van der Waals surface area contributed by atoms with Gasteiger partial charge >= 0.3 is 6.61 Å². The van der Waals surface area contributed by atoms with Crippen LogP contribution in [-0.2, 0) is 32.6 Å². The van der Waals surface area contributed by atoms with Crippen LogP contribution < -0.4 is 4.74 Å². The summed E-state index contributed by atoms with van der Waals surface area (Å²) in [6, 6.07) is 10.3. The first-order valence-electron chi connectivity index (χ1n) is 9.64. The predicted octanol–water partition coefficient (Wildman–Crippen LogP) is 3.09. The summed E-state index contributed by atoms with van der Waals surface area (Å²) < 4.78 is 74.6. The van der Waals surface area contributed by atoms with Gasteiger partial charge in [0.2, 0.25) is 0 Å². The van der Waals surface area contributed by atoms with Crippen molar-refractivity contribution in [3.05, 3.63) is 77.4 Å². The minimum absolute atomic E-state index is 0.0200. The number of hydrogen-bond acceptors (Lipinski definition) is 6. The number of methoxy groups -OCH3 is 1. The molecule has 1 aliphatic heterocycles. The second-order valence-electron chi connectivity index (χ2n) is 7.16. The third kappa shape index (κ3) is 4.44. The van der Waals surface area contributed by atoms with Crippen molar-refractivity contribution in [2.45, 2.75) is 30.7 Å². The van der Waals surface area contributed by atoms with Gasteiger partial charge in [-0.15, -0.1) is 0 Å². The number of carbonyl (C=O) groups excluding carboxylic acids is 1. The normalized spacial score (nSPS) is 14.4. The van der Waals surface area contributed by atoms with Crippen LogP contribution in [0.15, 0.2) is 59.6 Å². The van der Waals surface area contributed by atoms with Gasteiger partial charge in [-0.2, -0.15) is 26.4 Å². The second kappa shape index (κ2) is 8.87.